The van der Waals surface area contributed by atoms with Crippen LogP contribution in [-0.4, -0.2) is 46.2 Å². The van der Waals surface area contributed by atoms with Crippen LogP contribution in [0.25, 0.3) is 11.0 Å². The molecular formula is C23H28F2N4. The van der Waals surface area contributed by atoms with E-state index in [1.54, 1.807) is 0 Å². The van der Waals surface area contributed by atoms with Gasteiger partial charge < -0.3 is 9.88 Å². The number of aryl methyl sites for hydroxylation is 2. The molecule has 4 nitrogen and oxygen atoms in total. The second-order valence-electron chi connectivity index (χ2n) is 8.23. The van der Waals surface area contributed by atoms with Gasteiger partial charge in [-0.05, 0) is 56.5 Å². The highest BCUT2D eigenvalue weighted by Crippen LogP contribution is 2.28. The number of halogens is 2. The molecule has 154 valence electrons. The molecule has 2 heterocycles. The van der Waals surface area contributed by atoms with Gasteiger partial charge in [-0.25, -0.2) is 13.8 Å². The van der Waals surface area contributed by atoms with Crippen molar-refractivity contribution in [3.8, 4) is 0 Å². The lowest BCUT2D eigenvalue weighted by Gasteiger charge is -2.44. The highest BCUT2D eigenvalue weighted by molar-refractivity contribution is 5.76. The Kier molecular flexibility index (Phi) is 5.65. The Bertz CT molecular complexity index is 976. The summed E-state index contributed by atoms with van der Waals surface area (Å²) in [5.74, 6) is 0.435. The first-order valence-electron chi connectivity index (χ1n) is 10.3. The monoisotopic (exact) mass is 398 g/mol. The Hall–Kier alpha value is -2.31. The van der Waals surface area contributed by atoms with Gasteiger partial charge in [-0.15, -0.1) is 0 Å². The number of fused-ring (bicyclic) bond motifs is 1. The fourth-order valence-electron chi connectivity index (χ4n) is 4.46. The number of piperazine rings is 1. The van der Waals surface area contributed by atoms with E-state index in [2.05, 4.69) is 26.7 Å². The molecule has 29 heavy (non-hydrogen) atoms. The maximum absolute atomic E-state index is 13.6. The highest BCUT2D eigenvalue weighted by atomic mass is 19.1. The molecule has 1 unspecified atom stereocenters. The van der Waals surface area contributed by atoms with Gasteiger partial charge in [0.05, 0.1) is 11.0 Å². The van der Waals surface area contributed by atoms with Crippen LogP contribution >= 0.6 is 0 Å². The van der Waals surface area contributed by atoms with Crippen molar-refractivity contribution in [3.63, 3.8) is 0 Å². The quantitative estimate of drug-likeness (QED) is 0.683. The van der Waals surface area contributed by atoms with E-state index in [9.17, 15) is 8.78 Å². The van der Waals surface area contributed by atoms with E-state index in [1.165, 1.54) is 24.3 Å². The Balaban J connectivity index is 1.60. The van der Waals surface area contributed by atoms with Crippen LogP contribution < -0.4 is 5.32 Å². The normalized spacial score (nSPS) is 17.5. The van der Waals surface area contributed by atoms with Crippen LogP contribution in [0.5, 0.6) is 0 Å². The predicted octanol–water partition coefficient (Wildman–Crippen LogP) is 3.92. The van der Waals surface area contributed by atoms with Crippen molar-refractivity contribution in [3.05, 3.63) is 65.5 Å². The Morgan fingerprint density at radius 3 is 2.45 bits per heavy atom. The van der Waals surface area contributed by atoms with Crippen LogP contribution in [0.4, 0.5) is 8.78 Å². The minimum absolute atomic E-state index is 0.0665. The third-order valence-electron chi connectivity index (χ3n) is 6.15. The summed E-state index contributed by atoms with van der Waals surface area (Å²) in [6.45, 7) is 9.02. The Labute approximate surface area is 170 Å². The summed E-state index contributed by atoms with van der Waals surface area (Å²) >= 11 is 0. The molecule has 1 aliphatic rings. The molecule has 1 fully saturated rings. The fourth-order valence-corrected chi connectivity index (χ4v) is 4.46. The first-order valence-corrected chi connectivity index (χ1v) is 10.3. The topological polar surface area (TPSA) is 33.1 Å². The van der Waals surface area contributed by atoms with E-state index in [0.717, 1.165) is 62.5 Å². The maximum Gasteiger partial charge on any atom is 0.125 e. The average Bonchev–Trinajstić information content (AvgIpc) is 3.03. The molecule has 4 rings (SSSR count). The standard InChI is InChI=1S/C23H28F2N4/c1-17-27-21-15-20(25)7-8-22(21)29(17)12-9-23(2,28-13-10-26-11-14-28)16-18-3-5-19(24)6-4-18/h3-8,15,26H,9-14,16H2,1-2H3. The number of nitrogens with zero attached hydrogens (tertiary/aromatic N) is 3. The molecule has 1 aliphatic heterocycles. The lowest BCUT2D eigenvalue weighted by molar-refractivity contribution is 0.0760. The van der Waals surface area contributed by atoms with Gasteiger partial charge in [0.25, 0.3) is 0 Å². The number of imidazole rings is 1. The zero-order valence-corrected chi connectivity index (χ0v) is 17.1. The minimum atomic E-state index is -0.260. The summed E-state index contributed by atoms with van der Waals surface area (Å²) < 4.78 is 29.1. The van der Waals surface area contributed by atoms with Crippen molar-refractivity contribution in [2.75, 3.05) is 26.2 Å². The van der Waals surface area contributed by atoms with E-state index < -0.39 is 0 Å². The van der Waals surface area contributed by atoms with Crippen LogP contribution in [0, 0.1) is 18.6 Å². The number of rotatable bonds is 6. The SMILES string of the molecule is Cc1nc2cc(F)ccc2n1CCC(C)(Cc1ccc(F)cc1)N1CCNCC1. The lowest BCUT2D eigenvalue weighted by atomic mass is 9.87. The van der Waals surface area contributed by atoms with Crippen LogP contribution in [-0.2, 0) is 13.0 Å². The summed E-state index contributed by atoms with van der Waals surface area (Å²) in [5.41, 5.74) is 2.74. The van der Waals surface area contributed by atoms with Crippen molar-refractivity contribution < 1.29 is 8.78 Å². The first kappa shape index (κ1) is 20.0. The first-order chi connectivity index (χ1) is 13.9. The van der Waals surface area contributed by atoms with Gasteiger partial charge in [0, 0.05) is 44.3 Å². The number of aromatic nitrogens is 2. The van der Waals surface area contributed by atoms with Gasteiger partial charge in [0.1, 0.15) is 17.5 Å². The van der Waals surface area contributed by atoms with Crippen molar-refractivity contribution in [2.24, 2.45) is 0 Å². The average molecular weight is 399 g/mol. The van der Waals surface area contributed by atoms with E-state index in [1.807, 2.05) is 25.1 Å². The Morgan fingerprint density at radius 2 is 1.72 bits per heavy atom. The van der Waals surface area contributed by atoms with E-state index >= 15 is 0 Å². The van der Waals surface area contributed by atoms with E-state index in [-0.39, 0.29) is 17.2 Å². The Morgan fingerprint density at radius 1 is 1.03 bits per heavy atom. The van der Waals surface area contributed by atoms with E-state index in [4.69, 9.17) is 0 Å². The molecule has 2 aromatic carbocycles. The van der Waals surface area contributed by atoms with Crippen molar-refractivity contribution in [1.82, 2.24) is 19.8 Å². The summed E-state index contributed by atoms with van der Waals surface area (Å²) in [4.78, 5) is 7.08. The summed E-state index contributed by atoms with van der Waals surface area (Å²) in [7, 11) is 0. The largest absolute Gasteiger partial charge is 0.328 e. The fraction of sp³-hybridized carbons (Fsp3) is 0.435. The van der Waals surface area contributed by atoms with Crippen LogP contribution in [0.3, 0.4) is 0 Å². The van der Waals surface area contributed by atoms with Crippen LogP contribution in [0.2, 0.25) is 0 Å². The number of hydrogen-bond donors (Lipinski definition) is 1. The van der Waals surface area contributed by atoms with Crippen molar-refractivity contribution in [1.29, 1.82) is 0 Å². The molecule has 0 radical (unpaired) electrons. The molecule has 0 bridgehead atoms. The minimum Gasteiger partial charge on any atom is -0.328 e. The molecule has 1 N–H and O–H groups in total. The molecule has 0 spiro atoms. The molecule has 3 aromatic rings. The van der Waals surface area contributed by atoms with Gasteiger partial charge in [-0.2, -0.15) is 0 Å². The van der Waals surface area contributed by atoms with Gasteiger partial charge >= 0.3 is 0 Å². The molecule has 1 atom stereocenters. The molecule has 0 aliphatic carbocycles. The molecule has 1 aromatic heterocycles. The van der Waals surface area contributed by atoms with Crippen LogP contribution in [0.15, 0.2) is 42.5 Å². The molecule has 0 saturated carbocycles. The number of benzene rings is 2. The second kappa shape index (κ2) is 8.20. The van der Waals surface area contributed by atoms with Gasteiger partial charge in [-0.1, -0.05) is 12.1 Å². The number of hydrogen-bond acceptors (Lipinski definition) is 3. The maximum atomic E-state index is 13.6. The van der Waals surface area contributed by atoms with Gasteiger partial charge in [0.2, 0.25) is 0 Å². The third-order valence-corrected chi connectivity index (χ3v) is 6.15. The van der Waals surface area contributed by atoms with Gasteiger partial charge in [0.15, 0.2) is 0 Å². The van der Waals surface area contributed by atoms with Crippen molar-refractivity contribution >= 4 is 11.0 Å². The smallest absolute Gasteiger partial charge is 0.125 e. The molecule has 1 saturated heterocycles. The summed E-state index contributed by atoms with van der Waals surface area (Å²) in [5, 5.41) is 3.42. The van der Waals surface area contributed by atoms with E-state index in [0.29, 0.717) is 5.52 Å². The summed E-state index contributed by atoms with van der Waals surface area (Å²) in [6, 6.07) is 11.6. The number of nitrogens with one attached hydrogen (secondary N) is 1. The molecular weight excluding hydrogens is 370 g/mol. The predicted molar refractivity (Wildman–Crippen MR) is 112 cm³/mol. The molecule has 0 amide bonds. The summed E-state index contributed by atoms with van der Waals surface area (Å²) in [6.07, 6.45) is 1.78. The zero-order valence-electron chi connectivity index (χ0n) is 17.1. The highest BCUT2D eigenvalue weighted by Gasteiger charge is 2.33. The third kappa shape index (κ3) is 4.33. The second-order valence-corrected chi connectivity index (χ2v) is 8.23. The van der Waals surface area contributed by atoms with Crippen molar-refractivity contribution in [2.45, 2.75) is 38.8 Å². The zero-order chi connectivity index (χ0) is 20.4. The van der Waals surface area contributed by atoms with Crippen LogP contribution in [0.1, 0.15) is 24.7 Å². The van der Waals surface area contributed by atoms with Gasteiger partial charge in [-0.3, -0.25) is 4.90 Å². The lowest BCUT2D eigenvalue weighted by Crippen LogP contribution is -2.56. The molecule has 6 heteroatoms.